The molecule has 1 heterocycles. The van der Waals surface area contributed by atoms with Gasteiger partial charge < -0.3 is 19.9 Å². The van der Waals surface area contributed by atoms with Crippen molar-refractivity contribution in [2.45, 2.75) is 6.10 Å². The molecule has 1 aliphatic heterocycles. The van der Waals surface area contributed by atoms with Crippen molar-refractivity contribution in [1.29, 1.82) is 0 Å². The van der Waals surface area contributed by atoms with Crippen molar-refractivity contribution in [1.82, 2.24) is 10.2 Å². The zero-order valence-electron chi connectivity index (χ0n) is 13.4. The lowest BCUT2D eigenvalue weighted by atomic mass is 10.1. The Bertz CT molecular complexity index is 589. The fraction of sp³-hybridized carbons (Fsp3) is 0.533. The molecule has 1 fully saturated rings. The third kappa shape index (κ3) is 4.88. The van der Waals surface area contributed by atoms with Gasteiger partial charge in [0.1, 0.15) is 0 Å². The molecule has 1 amide bonds. The van der Waals surface area contributed by atoms with E-state index in [2.05, 4.69) is 10.2 Å². The maximum Gasteiger partial charge on any atom is 0.311 e. The van der Waals surface area contributed by atoms with Crippen LogP contribution in [0.25, 0.3) is 0 Å². The lowest BCUT2D eigenvalue weighted by molar-refractivity contribution is -0.385. The Balaban J connectivity index is 1.89. The van der Waals surface area contributed by atoms with Crippen LogP contribution in [0.2, 0.25) is 0 Å². The van der Waals surface area contributed by atoms with Gasteiger partial charge in [0, 0.05) is 37.8 Å². The van der Waals surface area contributed by atoms with Gasteiger partial charge in [-0.05, 0) is 12.1 Å². The number of morpholine rings is 1. The van der Waals surface area contributed by atoms with Crippen molar-refractivity contribution in [3.63, 3.8) is 0 Å². The maximum absolute atomic E-state index is 12.1. The van der Waals surface area contributed by atoms with Crippen molar-refractivity contribution in [2.75, 3.05) is 46.5 Å². The van der Waals surface area contributed by atoms with Crippen molar-refractivity contribution >= 4 is 11.6 Å². The molecule has 1 aromatic carbocycles. The van der Waals surface area contributed by atoms with Gasteiger partial charge in [0.15, 0.2) is 5.75 Å². The Kier molecular flexibility index (Phi) is 6.47. The second-order valence-corrected chi connectivity index (χ2v) is 5.42. The number of carbonyl (C=O) groups excluding carboxylic acids is 1. The zero-order valence-corrected chi connectivity index (χ0v) is 13.4. The van der Waals surface area contributed by atoms with E-state index in [1.165, 1.54) is 19.2 Å². The van der Waals surface area contributed by atoms with E-state index in [1.54, 1.807) is 0 Å². The molecule has 1 aliphatic rings. The van der Waals surface area contributed by atoms with Crippen LogP contribution in [0.5, 0.6) is 5.75 Å². The Labute approximate surface area is 139 Å². The topological polar surface area (TPSA) is 114 Å². The molecule has 1 atom stereocenters. The van der Waals surface area contributed by atoms with Gasteiger partial charge in [-0.15, -0.1) is 0 Å². The van der Waals surface area contributed by atoms with Crippen LogP contribution in [0.1, 0.15) is 10.4 Å². The molecule has 0 bridgehead atoms. The minimum absolute atomic E-state index is 0.0655. The maximum atomic E-state index is 12.1. The first kappa shape index (κ1) is 18.1. The van der Waals surface area contributed by atoms with Crippen LogP contribution >= 0.6 is 0 Å². The van der Waals surface area contributed by atoms with E-state index >= 15 is 0 Å². The van der Waals surface area contributed by atoms with Crippen LogP contribution < -0.4 is 10.1 Å². The van der Waals surface area contributed by atoms with E-state index in [4.69, 9.17) is 9.47 Å². The molecule has 132 valence electrons. The van der Waals surface area contributed by atoms with E-state index in [9.17, 15) is 20.0 Å². The van der Waals surface area contributed by atoms with Gasteiger partial charge in [0.25, 0.3) is 5.91 Å². The number of hydrogen-bond acceptors (Lipinski definition) is 7. The third-order valence-electron chi connectivity index (χ3n) is 3.71. The number of benzene rings is 1. The first-order chi connectivity index (χ1) is 11.5. The number of hydrogen-bond donors (Lipinski definition) is 2. The van der Waals surface area contributed by atoms with E-state index < -0.39 is 16.9 Å². The number of nitrogens with zero attached hydrogens (tertiary/aromatic N) is 2. The van der Waals surface area contributed by atoms with Crippen molar-refractivity contribution < 1.29 is 24.3 Å². The molecule has 24 heavy (non-hydrogen) atoms. The molecule has 2 rings (SSSR count). The summed E-state index contributed by atoms with van der Waals surface area (Å²) in [4.78, 5) is 24.5. The van der Waals surface area contributed by atoms with Crippen LogP contribution in [-0.2, 0) is 4.74 Å². The molecule has 2 N–H and O–H groups in total. The summed E-state index contributed by atoms with van der Waals surface area (Å²) in [7, 11) is 1.32. The quantitative estimate of drug-likeness (QED) is 0.532. The average Bonchev–Trinajstić information content (AvgIpc) is 2.59. The van der Waals surface area contributed by atoms with Crippen LogP contribution in [0.15, 0.2) is 18.2 Å². The Morgan fingerprint density at radius 3 is 2.83 bits per heavy atom. The van der Waals surface area contributed by atoms with Gasteiger partial charge >= 0.3 is 5.69 Å². The lowest BCUT2D eigenvalue weighted by Crippen LogP contribution is -2.44. The second-order valence-electron chi connectivity index (χ2n) is 5.42. The van der Waals surface area contributed by atoms with Crippen LogP contribution in [-0.4, -0.2) is 73.4 Å². The Morgan fingerprint density at radius 2 is 2.21 bits per heavy atom. The summed E-state index contributed by atoms with van der Waals surface area (Å²) in [6, 6.07) is 3.97. The summed E-state index contributed by atoms with van der Waals surface area (Å²) in [6.45, 7) is 3.26. The summed E-state index contributed by atoms with van der Waals surface area (Å²) in [5.74, 6) is -0.398. The van der Waals surface area contributed by atoms with Gasteiger partial charge in [0.05, 0.1) is 31.4 Å². The van der Waals surface area contributed by atoms with E-state index in [0.29, 0.717) is 19.8 Å². The molecule has 0 aliphatic carbocycles. The molecule has 0 unspecified atom stereocenters. The molecule has 0 spiro atoms. The number of aliphatic hydroxyl groups is 1. The van der Waals surface area contributed by atoms with E-state index in [0.717, 1.165) is 19.2 Å². The third-order valence-corrected chi connectivity index (χ3v) is 3.71. The summed E-state index contributed by atoms with van der Waals surface area (Å²) >= 11 is 0. The summed E-state index contributed by atoms with van der Waals surface area (Å²) in [5.41, 5.74) is -0.139. The monoisotopic (exact) mass is 339 g/mol. The molecule has 9 nitrogen and oxygen atoms in total. The highest BCUT2D eigenvalue weighted by molar-refractivity contribution is 5.95. The molecular weight excluding hydrogens is 318 g/mol. The Morgan fingerprint density at radius 1 is 1.50 bits per heavy atom. The van der Waals surface area contributed by atoms with Gasteiger partial charge in [-0.1, -0.05) is 0 Å². The highest BCUT2D eigenvalue weighted by Crippen LogP contribution is 2.27. The van der Waals surface area contributed by atoms with Crippen molar-refractivity contribution in [2.24, 2.45) is 0 Å². The first-order valence-electron chi connectivity index (χ1n) is 7.60. The van der Waals surface area contributed by atoms with Gasteiger partial charge in [-0.3, -0.25) is 19.8 Å². The number of carbonyl (C=O) groups is 1. The number of rotatable bonds is 7. The van der Waals surface area contributed by atoms with Gasteiger partial charge in [-0.25, -0.2) is 0 Å². The number of β-amino-alcohol motifs (C(OH)–C–C–N with tert-alkyl or cyclic N) is 1. The van der Waals surface area contributed by atoms with Crippen molar-refractivity contribution in [3.8, 4) is 5.75 Å². The molecule has 1 aromatic rings. The molecule has 0 radical (unpaired) electrons. The normalized spacial score (nSPS) is 16.4. The first-order valence-corrected chi connectivity index (χ1v) is 7.60. The van der Waals surface area contributed by atoms with Gasteiger partial charge in [0.2, 0.25) is 0 Å². The predicted octanol–water partition coefficient (Wildman–Crippen LogP) is 0.0263. The smallest absolute Gasteiger partial charge is 0.311 e. The van der Waals surface area contributed by atoms with Gasteiger partial charge in [-0.2, -0.15) is 0 Å². The van der Waals surface area contributed by atoms with Crippen LogP contribution in [0.3, 0.4) is 0 Å². The van der Waals surface area contributed by atoms with Crippen LogP contribution in [0, 0.1) is 10.1 Å². The van der Waals surface area contributed by atoms with Crippen molar-refractivity contribution in [3.05, 3.63) is 33.9 Å². The number of methoxy groups -OCH3 is 1. The number of ether oxygens (including phenoxy) is 2. The number of aliphatic hydroxyl groups excluding tert-OH is 1. The zero-order chi connectivity index (χ0) is 17.5. The van der Waals surface area contributed by atoms with E-state index in [1.807, 2.05) is 0 Å². The average molecular weight is 339 g/mol. The highest BCUT2D eigenvalue weighted by atomic mass is 16.6. The Hall–Kier alpha value is -2.23. The molecule has 0 saturated carbocycles. The molecular formula is C15H21N3O6. The number of amides is 1. The number of nitro benzene ring substituents is 1. The fourth-order valence-electron chi connectivity index (χ4n) is 2.43. The highest BCUT2D eigenvalue weighted by Gasteiger charge is 2.19. The van der Waals surface area contributed by atoms with E-state index in [-0.39, 0.29) is 23.5 Å². The summed E-state index contributed by atoms with van der Waals surface area (Å²) in [6.07, 6.45) is -0.722. The fourth-order valence-corrected chi connectivity index (χ4v) is 2.43. The molecule has 9 heteroatoms. The minimum Gasteiger partial charge on any atom is -0.490 e. The predicted molar refractivity (Wildman–Crippen MR) is 85.2 cm³/mol. The number of nitrogens with one attached hydrogen (secondary N) is 1. The standard InChI is InChI=1S/C15H21N3O6/c1-23-14-3-2-11(8-13(14)18(21)22)15(20)16-9-12(19)10-17-4-6-24-7-5-17/h2-3,8,12,19H,4-7,9-10H2,1H3,(H,16,20)/t12-/m1/s1. The minimum atomic E-state index is -0.722. The largest absolute Gasteiger partial charge is 0.490 e. The second kappa shape index (κ2) is 8.57. The number of nitro groups is 1. The SMILES string of the molecule is COc1ccc(C(=O)NC[C@@H](O)CN2CCOCC2)cc1[N+](=O)[O-]. The summed E-state index contributed by atoms with van der Waals surface area (Å²) < 4.78 is 10.1. The summed E-state index contributed by atoms with van der Waals surface area (Å²) in [5, 5.41) is 23.6. The molecule has 1 saturated heterocycles. The lowest BCUT2D eigenvalue weighted by Gasteiger charge is -2.28. The molecule has 0 aromatic heterocycles. The van der Waals surface area contributed by atoms with Crippen LogP contribution in [0.4, 0.5) is 5.69 Å².